The normalized spacial score (nSPS) is 31.3. The Balaban J connectivity index is 0.950. The Hall–Kier alpha value is -4.54. The fourth-order valence-corrected chi connectivity index (χ4v) is 9.41. The summed E-state index contributed by atoms with van der Waals surface area (Å²) in [5, 5.41) is 10.4. The highest BCUT2D eigenvalue weighted by Crippen LogP contribution is 2.92. The number of H-pyrrole nitrogens is 1. The molecule has 4 aliphatic carbocycles. The summed E-state index contributed by atoms with van der Waals surface area (Å²) in [4.78, 5) is 56.8. The Bertz CT molecular complexity index is 1930. The van der Waals surface area contributed by atoms with E-state index in [4.69, 9.17) is 4.42 Å². The molecule has 220 valence electrons. The number of hydrogen-bond acceptors (Lipinski definition) is 7. The molecule has 0 saturated heterocycles. The molecule has 3 N–H and O–H groups in total. The standard InChI is InChI=1S/C32H32N6O5/c1-15(6-8-31(3)26-18-12-19-27(31)28(26)32(18,19)37-16(2)39)10-23(40)22-13-21(35-25-7-9-34-38(22)25)29(41)33-14-17-4-5-24-20(11-17)36-30(42)43-24/h4-5,7,9-11,13,18-19,26-28H,6,8,12,14H2,1-3H3,(H,33,41)(H,36,42)(H,37,39)/b15-10+. The lowest BCUT2D eigenvalue weighted by molar-refractivity contribution is -0.459. The van der Waals surface area contributed by atoms with Crippen molar-refractivity contribution < 1.29 is 18.8 Å². The van der Waals surface area contributed by atoms with Gasteiger partial charge in [0.25, 0.3) is 5.91 Å². The van der Waals surface area contributed by atoms with E-state index in [1.165, 1.54) is 17.0 Å². The van der Waals surface area contributed by atoms with Crippen LogP contribution in [0, 0.1) is 35.0 Å². The van der Waals surface area contributed by atoms with Crippen molar-refractivity contribution in [2.45, 2.75) is 52.1 Å². The third kappa shape index (κ3) is 3.47. The zero-order valence-corrected chi connectivity index (χ0v) is 24.1. The van der Waals surface area contributed by atoms with Crippen LogP contribution in [-0.4, -0.2) is 42.7 Å². The van der Waals surface area contributed by atoms with Gasteiger partial charge >= 0.3 is 5.76 Å². The Labute approximate surface area is 246 Å². The predicted octanol–water partition coefficient (Wildman–Crippen LogP) is 3.41. The average molecular weight is 581 g/mol. The molecule has 3 aromatic heterocycles. The highest BCUT2D eigenvalue weighted by atomic mass is 16.4. The topological polar surface area (TPSA) is 151 Å². The molecule has 8 rings (SSSR count). The molecule has 2 amide bonds. The molecule has 1 aromatic carbocycles. The second-order valence-corrected chi connectivity index (χ2v) is 13.2. The van der Waals surface area contributed by atoms with E-state index < -0.39 is 11.7 Å². The van der Waals surface area contributed by atoms with Gasteiger partial charge in [-0.15, -0.1) is 0 Å². The van der Waals surface area contributed by atoms with Gasteiger partial charge in [-0.05, 0) is 91.0 Å². The highest BCUT2D eigenvalue weighted by molar-refractivity contribution is 6.05. The number of nitrogens with one attached hydrogen (secondary N) is 3. The van der Waals surface area contributed by atoms with Gasteiger partial charge in [-0.2, -0.15) is 5.10 Å². The van der Waals surface area contributed by atoms with Crippen LogP contribution < -0.4 is 16.4 Å². The van der Waals surface area contributed by atoms with Crippen molar-refractivity contribution in [2.24, 2.45) is 35.0 Å². The third-order valence-corrected chi connectivity index (χ3v) is 11.1. The maximum absolute atomic E-state index is 13.5. The van der Waals surface area contributed by atoms with Crippen LogP contribution >= 0.6 is 0 Å². The number of nitrogens with zero attached hydrogens (tertiary/aromatic N) is 3. The molecule has 11 heteroatoms. The SMILES string of the molecule is CC(=O)NC12C3CC1C1C2C3C1(C)CC/C(C)=C/C(=O)c1cc(C(=O)NCc2ccc3oc(=O)[nH]c3c2)nc2ccnn12. The van der Waals surface area contributed by atoms with Crippen LogP contribution in [0.5, 0.6) is 0 Å². The van der Waals surface area contributed by atoms with Gasteiger partial charge in [0.1, 0.15) is 11.4 Å². The van der Waals surface area contributed by atoms with E-state index in [1.54, 1.807) is 43.5 Å². The molecule has 0 aliphatic heterocycles. The molecule has 4 aliphatic rings. The molecule has 4 unspecified atom stereocenters. The van der Waals surface area contributed by atoms with Gasteiger partial charge in [0.05, 0.1) is 11.7 Å². The van der Waals surface area contributed by atoms with Gasteiger partial charge < -0.3 is 15.1 Å². The first kappa shape index (κ1) is 26.1. The highest BCUT2D eigenvalue weighted by Gasteiger charge is 2.94. The van der Waals surface area contributed by atoms with Crippen molar-refractivity contribution >= 4 is 34.3 Å². The number of oxazole rings is 1. The van der Waals surface area contributed by atoms with Gasteiger partial charge in [0.2, 0.25) is 11.7 Å². The first-order chi connectivity index (χ1) is 20.6. The molecule has 43 heavy (non-hydrogen) atoms. The van der Waals surface area contributed by atoms with Crippen LogP contribution in [0.4, 0.5) is 0 Å². The number of allylic oxidation sites excluding steroid dienone is 2. The zero-order chi connectivity index (χ0) is 29.8. The third-order valence-electron chi connectivity index (χ3n) is 11.1. The van der Waals surface area contributed by atoms with E-state index in [9.17, 15) is 19.2 Å². The number of carbonyl (C=O) groups is 3. The first-order valence-corrected chi connectivity index (χ1v) is 14.8. The maximum Gasteiger partial charge on any atom is 0.417 e. The van der Waals surface area contributed by atoms with E-state index in [0.717, 1.165) is 24.0 Å². The quantitative estimate of drug-likeness (QED) is 0.203. The molecular weight excluding hydrogens is 548 g/mol. The predicted molar refractivity (Wildman–Crippen MR) is 155 cm³/mol. The Morgan fingerprint density at radius 1 is 1.14 bits per heavy atom. The van der Waals surface area contributed by atoms with Crippen molar-refractivity contribution in [3.8, 4) is 0 Å². The summed E-state index contributed by atoms with van der Waals surface area (Å²) in [7, 11) is 0. The minimum atomic E-state index is -0.537. The molecule has 4 fully saturated rings. The summed E-state index contributed by atoms with van der Waals surface area (Å²) >= 11 is 0. The monoisotopic (exact) mass is 580 g/mol. The number of rotatable bonds is 9. The lowest BCUT2D eigenvalue weighted by Crippen LogP contribution is -3.00. The fraction of sp³-hybridized carbons (Fsp3) is 0.438. The van der Waals surface area contributed by atoms with Crippen molar-refractivity contribution in [3.63, 3.8) is 0 Å². The number of benzene rings is 1. The van der Waals surface area contributed by atoms with E-state index >= 15 is 0 Å². The van der Waals surface area contributed by atoms with Gasteiger partial charge in [-0.1, -0.05) is 18.6 Å². The molecule has 11 nitrogen and oxygen atoms in total. The van der Waals surface area contributed by atoms with Crippen LogP contribution in [0.15, 0.2) is 57.4 Å². The van der Waals surface area contributed by atoms with E-state index in [-0.39, 0.29) is 40.6 Å². The second kappa shape index (κ2) is 8.75. The number of amides is 2. The van der Waals surface area contributed by atoms with Gasteiger partial charge in [0.15, 0.2) is 11.2 Å². The molecule has 0 spiro atoms. The minimum absolute atomic E-state index is 0.0893. The second-order valence-electron chi connectivity index (χ2n) is 13.2. The Kier molecular flexibility index (Phi) is 5.31. The van der Waals surface area contributed by atoms with Crippen LogP contribution in [0.3, 0.4) is 0 Å². The van der Waals surface area contributed by atoms with Crippen molar-refractivity contribution in [3.05, 3.63) is 75.7 Å². The molecule has 4 aromatic rings. The van der Waals surface area contributed by atoms with E-state index in [1.807, 2.05) is 6.92 Å². The minimum Gasteiger partial charge on any atom is -0.408 e. The smallest absolute Gasteiger partial charge is 0.408 e. The first-order valence-electron chi connectivity index (χ1n) is 14.8. The number of aromatic nitrogens is 4. The van der Waals surface area contributed by atoms with Gasteiger partial charge in [0, 0.05) is 25.1 Å². The number of aromatic amines is 1. The summed E-state index contributed by atoms with van der Waals surface area (Å²) in [5.74, 6) is 2.10. The number of ketones is 1. The molecule has 0 bridgehead atoms. The van der Waals surface area contributed by atoms with Crippen LogP contribution in [0.2, 0.25) is 0 Å². The van der Waals surface area contributed by atoms with E-state index in [0.29, 0.717) is 46.3 Å². The zero-order valence-electron chi connectivity index (χ0n) is 24.1. The lowest BCUT2D eigenvalue weighted by atomic mass is 9.10. The van der Waals surface area contributed by atoms with Crippen LogP contribution in [0.1, 0.15) is 66.6 Å². The van der Waals surface area contributed by atoms with Crippen molar-refractivity contribution in [2.75, 3.05) is 0 Å². The molecular formula is C32H32N6O5. The maximum atomic E-state index is 13.5. The fourth-order valence-electron chi connectivity index (χ4n) is 9.41. The summed E-state index contributed by atoms with van der Waals surface area (Å²) in [6.07, 6.45) is 6.30. The largest absolute Gasteiger partial charge is 0.417 e. The van der Waals surface area contributed by atoms with Gasteiger partial charge in [-0.3, -0.25) is 19.4 Å². The number of fused-ring (bicyclic) bond motifs is 4. The average Bonchev–Trinajstić information content (AvgIpc) is 3.61. The summed E-state index contributed by atoms with van der Waals surface area (Å²) in [6, 6.07) is 8.30. The number of carbonyl (C=O) groups excluding carboxylic acids is 3. The molecule has 4 atom stereocenters. The Morgan fingerprint density at radius 3 is 2.67 bits per heavy atom. The summed E-state index contributed by atoms with van der Waals surface area (Å²) in [5.41, 5.74) is 3.92. The van der Waals surface area contributed by atoms with E-state index in [2.05, 4.69) is 32.6 Å². The molecule has 3 heterocycles. The number of hydrogen-bond donors (Lipinski definition) is 3. The van der Waals surface area contributed by atoms with Crippen molar-refractivity contribution in [1.82, 2.24) is 30.2 Å². The van der Waals surface area contributed by atoms with Gasteiger partial charge in [-0.25, -0.2) is 14.3 Å². The Morgan fingerprint density at radius 2 is 1.93 bits per heavy atom. The van der Waals surface area contributed by atoms with Crippen molar-refractivity contribution in [1.29, 1.82) is 0 Å². The summed E-state index contributed by atoms with van der Waals surface area (Å²) < 4.78 is 6.49. The van der Waals surface area contributed by atoms with Crippen LogP contribution in [0.25, 0.3) is 16.7 Å². The summed E-state index contributed by atoms with van der Waals surface area (Å²) in [6.45, 7) is 6.21. The van der Waals surface area contributed by atoms with Crippen LogP contribution in [-0.2, 0) is 11.3 Å². The lowest BCUT2D eigenvalue weighted by Gasteiger charge is -2.96. The molecule has 4 saturated carbocycles. The molecule has 0 radical (unpaired) electrons.